The second-order valence-electron chi connectivity index (χ2n) is 4.91. The molecule has 0 amide bonds. The van der Waals surface area contributed by atoms with Crippen molar-refractivity contribution in [2.24, 2.45) is 4.99 Å². The van der Waals surface area contributed by atoms with Crippen LogP contribution in [-0.4, -0.2) is 18.9 Å². The molecule has 2 aromatic carbocycles. The Morgan fingerprint density at radius 2 is 1.73 bits per heavy atom. The van der Waals surface area contributed by atoms with Crippen LogP contribution in [0, 0.1) is 6.92 Å². The van der Waals surface area contributed by atoms with Crippen LogP contribution in [0.3, 0.4) is 0 Å². The van der Waals surface area contributed by atoms with Crippen molar-refractivity contribution in [3.8, 4) is 0 Å². The zero-order chi connectivity index (χ0) is 15.8. The van der Waals surface area contributed by atoms with Gasteiger partial charge in [-0.1, -0.05) is 48.0 Å². The number of benzene rings is 2. The number of aryl methyl sites for hydroxylation is 1. The predicted molar refractivity (Wildman–Crippen MR) is 86.4 cm³/mol. The van der Waals surface area contributed by atoms with Gasteiger partial charge in [0.2, 0.25) is 0 Å². The van der Waals surface area contributed by atoms with Gasteiger partial charge >= 0.3 is 0 Å². The fourth-order valence-electron chi connectivity index (χ4n) is 1.84. The molecule has 0 saturated carbocycles. The van der Waals surface area contributed by atoms with Gasteiger partial charge in [0.15, 0.2) is 5.96 Å². The summed E-state index contributed by atoms with van der Waals surface area (Å²) in [5.41, 5.74) is 3.00. The number of hydrogen-bond donors (Lipinski definition) is 2. The van der Waals surface area contributed by atoms with Crippen molar-refractivity contribution in [3.05, 3.63) is 65.7 Å². The van der Waals surface area contributed by atoms with E-state index in [1.807, 2.05) is 61.5 Å². The molecule has 116 valence electrons. The standard InChI is InChI=1S/C17H19F2N3/c1-13-7-9-14(10-8-13)11-20-17(21-12-16(18)19)22-15-5-3-2-4-6-15/h2-10,16H,11-12H2,1H3,(H2,20,21,22). The topological polar surface area (TPSA) is 36.4 Å². The maximum atomic E-state index is 12.4. The maximum absolute atomic E-state index is 12.4. The van der Waals surface area contributed by atoms with Gasteiger partial charge < -0.3 is 10.6 Å². The molecule has 0 atom stereocenters. The monoisotopic (exact) mass is 303 g/mol. The lowest BCUT2D eigenvalue weighted by atomic mass is 10.1. The molecule has 0 spiro atoms. The highest BCUT2D eigenvalue weighted by molar-refractivity contribution is 5.93. The summed E-state index contributed by atoms with van der Waals surface area (Å²) < 4.78 is 24.8. The summed E-state index contributed by atoms with van der Waals surface area (Å²) in [4.78, 5) is 4.35. The second-order valence-corrected chi connectivity index (χ2v) is 4.91. The molecule has 3 nitrogen and oxygen atoms in total. The molecule has 0 heterocycles. The minimum Gasteiger partial charge on any atom is -0.350 e. The number of anilines is 1. The smallest absolute Gasteiger partial charge is 0.255 e. The molecule has 0 fully saturated rings. The minimum atomic E-state index is -2.43. The molecular formula is C17H19F2N3. The second kappa shape index (κ2) is 8.12. The predicted octanol–water partition coefficient (Wildman–Crippen LogP) is 3.82. The van der Waals surface area contributed by atoms with Crippen LogP contribution in [0.2, 0.25) is 0 Å². The van der Waals surface area contributed by atoms with Crippen LogP contribution in [0.5, 0.6) is 0 Å². The van der Waals surface area contributed by atoms with Crippen LogP contribution in [0.4, 0.5) is 14.5 Å². The molecular weight excluding hydrogens is 284 g/mol. The van der Waals surface area contributed by atoms with Crippen LogP contribution in [0.25, 0.3) is 0 Å². The third kappa shape index (κ3) is 5.52. The lowest BCUT2D eigenvalue weighted by Gasteiger charge is -2.12. The molecule has 0 bridgehead atoms. The highest BCUT2D eigenvalue weighted by Crippen LogP contribution is 2.07. The summed E-state index contributed by atoms with van der Waals surface area (Å²) in [5, 5.41) is 5.66. The Kier molecular flexibility index (Phi) is 5.89. The van der Waals surface area contributed by atoms with E-state index in [9.17, 15) is 8.78 Å². The molecule has 0 saturated heterocycles. The molecule has 2 rings (SSSR count). The van der Waals surface area contributed by atoms with Crippen molar-refractivity contribution in [3.63, 3.8) is 0 Å². The number of para-hydroxylation sites is 1. The number of nitrogens with one attached hydrogen (secondary N) is 2. The first-order valence-corrected chi connectivity index (χ1v) is 7.07. The van der Waals surface area contributed by atoms with Gasteiger partial charge in [-0.25, -0.2) is 13.8 Å². The third-order valence-corrected chi connectivity index (χ3v) is 3.00. The van der Waals surface area contributed by atoms with E-state index in [0.29, 0.717) is 12.5 Å². The van der Waals surface area contributed by atoms with Gasteiger partial charge in [0.05, 0.1) is 13.1 Å². The van der Waals surface area contributed by atoms with Crippen LogP contribution in [-0.2, 0) is 6.54 Å². The van der Waals surface area contributed by atoms with Gasteiger partial charge in [-0.05, 0) is 24.6 Å². The summed E-state index contributed by atoms with van der Waals surface area (Å²) in [7, 11) is 0. The lowest BCUT2D eigenvalue weighted by Crippen LogP contribution is -2.34. The number of guanidine groups is 1. The van der Waals surface area contributed by atoms with Crippen molar-refractivity contribution < 1.29 is 8.78 Å². The Morgan fingerprint density at radius 3 is 2.36 bits per heavy atom. The Labute approximate surface area is 129 Å². The minimum absolute atomic E-state index is 0.340. The fraction of sp³-hybridized carbons (Fsp3) is 0.235. The van der Waals surface area contributed by atoms with Gasteiger partial charge in [0, 0.05) is 5.69 Å². The number of alkyl halides is 2. The first-order valence-electron chi connectivity index (χ1n) is 7.07. The van der Waals surface area contributed by atoms with E-state index in [4.69, 9.17) is 0 Å². The van der Waals surface area contributed by atoms with E-state index in [1.54, 1.807) is 0 Å². The number of hydrogen-bond acceptors (Lipinski definition) is 1. The van der Waals surface area contributed by atoms with E-state index >= 15 is 0 Å². The normalized spacial score (nSPS) is 11.5. The Morgan fingerprint density at radius 1 is 1.05 bits per heavy atom. The number of rotatable bonds is 5. The molecule has 0 aromatic heterocycles. The first-order chi connectivity index (χ1) is 10.6. The molecule has 0 aliphatic rings. The molecule has 0 aliphatic carbocycles. The average molecular weight is 303 g/mol. The largest absolute Gasteiger partial charge is 0.350 e. The van der Waals surface area contributed by atoms with Crippen molar-refractivity contribution >= 4 is 11.6 Å². The van der Waals surface area contributed by atoms with Gasteiger partial charge in [-0.2, -0.15) is 0 Å². The summed E-state index contributed by atoms with van der Waals surface area (Å²) in [6.45, 7) is 2.00. The quantitative estimate of drug-likeness (QED) is 0.651. The molecule has 0 aliphatic heterocycles. The molecule has 2 N–H and O–H groups in total. The molecule has 0 radical (unpaired) electrons. The first kappa shape index (κ1) is 15.9. The molecule has 2 aromatic rings. The van der Waals surface area contributed by atoms with Crippen LogP contribution in [0.15, 0.2) is 59.6 Å². The summed E-state index contributed by atoms with van der Waals surface area (Å²) >= 11 is 0. The van der Waals surface area contributed by atoms with Gasteiger partial charge in [0.25, 0.3) is 6.43 Å². The van der Waals surface area contributed by atoms with E-state index < -0.39 is 13.0 Å². The zero-order valence-electron chi connectivity index (χ0n) is 12.4. The molecule has 0 unspecified atom stereocenters. The van der Waals surface area contributed by atoms with Gasteiger partial charge in [-0.15, -0.1) is 0 Å². The third-order valence-electron chi connectivity index (χ3n) is 3.00. The van der Waals surface area contributed by atoms with E-state index in [1.165, 1.54) is 5.56 Å². The summed E-state index contributed by atoms with van der Waals surface area (Å²) in [6, 6.07) is 17.3. The van der Waals surface area contributed by atoms with Crippen LogP contribution < -0.4 is 10.6 Å². The molecule has 22 heavy (non-hydrogen) atoms. The Bertz CT molecular complexity index is 595. The van der Waals surface area contributed by atoms with Gasteiger partial charge in [0.1, 0.15) is 0 Å². The van der Waals surface area contributed by atoms with E-state index in [2.05, 4.69) is 15.6 Å². The number of aliphatic imine (C=N–C) groups is 1. The van der Waals surface area contributed by atoms with Crippen molar-refractivity contribution in [2.45, 2.75) is 19.9 Å². The van der Waals surface area contributed by atoms with Gasteiger partial charge in [-0.3, -0.25) is 0 Å². The molecule has 5 heteroatoms. The SMILES string of the molecule is Cc1ccc(CN=C(NCC(F)F)Nc2ccccc2)cc1. The summed E-state index contributed by atoms with van der Waals surface area (Å²) in [6.07, 6.45) is -2.43. The van der Waals surface area contributed by atoms with Crippen molar-refractivity contribution in [1.29, 1.82) is 0 Å². The fourth-order valence-corrected chi connectivity index (χ4v) is 1.84. The van der Waals surface area contributed by atoms with E-state index in [-0.39, 0.29) is 0 Å². The summed E-state index contributed by atoms with van der Waals surface area (Å²) in [5.74, 6) is 0.340. The number of halogens is 2. The van der Waals surface area contributed by atoms with E-state index in [0.717, 1.165) is 11.3 Å². The van der Waals surface area contributed by atoms with Crippen LogP contribution in [0.1, 0.15) is 11.1 Å². The lowest BCUT2D eigenvalue weighted by molar-refractivity contribution is 0.152. The maximum Gasteiger partial charge on any atom is 0.255 e. The highest BCUT2D eigenvalue weighted by Gasteiger charge is 2.05. The van der Waals surface area contributed by atoms with Crippen molar-refractivity contribution in [2.75, 3.05) is 11.9 Å². The van der Waals surface area contributed by atoms with Crippen molar-refractivity contribution in [1.82, 2.24) is 5.32 Å². The highest BCUT2D eigenvalue weighted by atomic mass is 19.3. The number of nitrogens with zero attached hydrogens (tertiary/aromatic N) is 1. The van der Waals surface area contributed by atoms with Crippen LogP contribution >= 0.6 is 0 Å². The Hall–Kier alpha value is -2.43. The Balaban J connectivity index is 2.05. The zero-order valence-corrected chi connectivity index (χ0v) is 12.4. The average Bonchev–Trinajstić information content (AvgIpc) is 2.52.